The lowest BCUT2D eigenvalue weighted by molar-refractivity contribution is 0.0695. The van der Waals surface area contributed by atoms with Crippen LogP contribution in [0.5, 0.6) is 5.75 Å². The van der Waals surface area contributed by atoms with Gasteiger partial charge in [-0.3, -0.25) is 4.79 Å². The second-order valence-corrected chi connectivity index (χ2v) is 8.51. The Morgan fingerprint density at radius 3 is 2.66 bits per heavy atom. The molecule has 0 spiro atoms. The van der Waals surface area contributed by atoms with Crippen LogP contribution in [0.2, 0.25) is 0 Å². The average molecular weight is 475 g/mol. The van der Waals surface area contributed by atoms with Crippen LogP contribution in [-0.2, 0) is 6.42 Å². The highest BCUT2D eigenvalue weighted by molar-refractivity contribution is 5.94. The molecule has 10 heteroatoms. The van der Waals surface area contributed by atoms with Gasteiger partial charge in [-0.15, -0.1) is 0 Å². The van der Waals surface area contributed by atoms with E-state index in [2.05, 4.69) is 9.97 Å². The number of anilines is 2. The third-order valence-electron chi connectivity index (χ3n) is 6.16. The van der Waals surface area contributed by atoms with E-state index in [0.717, 1.165) is 24.5 Å². The first-order valence-electron chi connectivity index (χ1n) is 10.9. The van der Waals surface area contributed by atoms with Gasteiger partial charge in [0, 0.05) is 46.9 Å². The van der Waals surface area contributed by atoms with E-state index < -0.39 is 17.2 Å². The molecule has 2 heterocycles. The smallest absolute Gasteiger partial charge is 0.341 e. The van der Waals surface area contributed by atoms with Gasteiger partial charge in [-0.25, -0.2) is 14.2 Å². The normalized spacial score (nSPS) is 13.2. The quantitative estimate of drug-likeness (QED) is 0.385. The number of aromatic carboxylic acids is 1. The molecule has 2 aromatic carbocycles. The largest absolute Gasteiger partial charge is 0.496 e. The minimum absolute atomic E-state index is 0.0277. The van der Waals surface area contributed by atoms with E-state index in [9.17, 15) is 14.7 Å². The number of fused-ring (bicyclic) bond motifs is 1. The zero-order chi connectivity index (χ0) is 24.9. The number of aromatic nitrogens is 3. The summed E-state index contributed by atoms with van der Waals surface area (Å²) in [4.78, 5) is 32.3. The Hall–Kier alpha value is -4.47. The number of nitrogen functional groups attached to an aromatic ring is 2. The van der Waals surface area contributed by atoms with Gasteiger partial charge in [-0.1, -0.05) is 6.07 Å². The maximum Gasteiger partial charge on any atom is 0.341 e. The highest BCUT2D eigenvalue weighted by Crippen LogP contribution is 2.40. The van der Waals surface area contributed by atoms with Crippen LogP contribution in [0.15, 0.2) is 47.5 Å². The minimum Gasteiger partial charge on any atom is -0.496 e. The fourth-order valence-corrected chi connectivity index (χ4v) is 4.25. The number of carboxylic acid groups (broad SMARTS) is 1. The second kappa shape index (κ2) is 8.39. The van der Waals surface area contributed by atoms with E-state index in [4.69, 9.17) is 16.2 Å². The molecule has 0 amide bonds. The van der Waals surface area contributed by atoms with Crippen molar-refractivity contribution < 1.29 is 19.0 Å². The fraction of sp³-hybridized carbons (Fsp3) is 0.200. The summed E-state index contributed by atoms with van der Waals surface area (Å²) in [6.45, 7) is 0. The Labute approximate surface area is 198 Å². The Kier molecular flexibility index (Phi) is 5.35. The van der Waals surface area contributed by atoms with E-state index in [1.807, 2.05) is 6.07 Å². The summed E-state index contributed by atoms with van der Waals surface area (Å²) in [5.41, 5.74) is 13.1. The van der Waals surface area contributed by atoms with Gasteiger partial charge in [0.1, 0.15) is 22.9 Å². The number of halogens is 1. The van der Waals surface area contributed by atoms with Crippen molar-refractivity contribution in [3.8, 4) is 16.9 Å². The maximum atomic E-state index is 15.4. The van der Waals surface area contributed by atoms with Crippen LogP contribution in [0, 0.1) is 5.82 Å². The first-order valence-corrected chi connectivity index (χ1v) is 10.9. The molecule has 0 saturated heterocycles. The van der Waals surface area contributed by atoms with Crippen molar-refractivity contribution in [2.75, 3.05) is 18.6 Å². The number of carbonyl (C=O) groups is 1. The number of nitrogens with two attached hydrogens (primary N) is 2. The summed E-state index contributed by atoms with van der Waals surface area (Å²) >= 11 is 0. The van der Waals surface area contributed by atoms with Gasteiger partial charge >= 0.3 is 5.97 Å². The number of hydrogen-bond donors (Lipinski definition) is 3. The number of hydrogen-bond acceptors (Lipinski definition) is 7. The topological polar surface area (TPSA) is 146 Å². The van der Waals surface area contributed by atoms with Gasteiger partial charge in [-0.05, 0) is 42.7 Å². The number of nitrogens with zero attached hydrogens (tertiary/aromatic N) is 3. The van der Waals surface area contributed by atoms with Crippen molar-refractivity contribution in [1.82, 2.24) is 14.5 Å². The van der Waals surface area contributed by atoms with E-state index in [1.165, 1.54) is 13.3 Å². The molecule has 0 radical (unpaired) electrons. The average Bonchev–Trinajstić information content (AvgIpc) is 3.66. The Bertz CT molecular complexity index is 1560. The molecular weight excluding hydrogens is 453 g/mol. The fourth-order valence-electron chi connectivity index (χ4n) is 4.25. The van der Waals surface area contributed by atoms with Crippen LogP contribution in [0.1, 0.15) is 40.4 Å². The van der Waals surface area contributed by atoms with Gasteiger partial charge in [-0.2, -0.15) is 4.98 Å². The third kappa shape index (κ3) is 4.03. The summed E-state index contributed by atoms with van der Waals surface area (Å²) in [6, 6.07) is 8.09. The molecule has 9 nitrogen and oxygen atoms in total. The van der Waals surface area contributed by atoms with Crippen LogP contribution in [-0.4, -0.2) is 32.7 Å². The zero-order valence-corrected chi connectivity index (χ0v) is 18.8. The summed E-state index contributed by atoms with van der Waals surface area (Å²) in [6.07, 6.45) is 4.99. The van der Waals surface area contributed by atoms with Gasteiger partial charge in [0.15, 0.2) is 0 Å². The van der Waals surface area contributed by atoms with E-state index in [1.54, 1.807) is 29.0 Å². The summed E-state index contributed by atoms with van der Waals surface area (Å²) in [5.74, 6) is -1.22. The lowest BCUT2D eigenvalue weighted by atomic mass is 9.97. The molecule has 0 unspecified atom stereocenters. The van der Waals surface area contributed by atoms with Crippen LogP contribution in [0.3, 0.4) is 0 Å². The van der Waals surface area contributed by atoms with Gasteiger partial charge in [0.2, 0.25) is 11.4 Å². The molecule has 0 atom stereocenters. The SMILES string of the molecule is COc1ccc(Cc2cnc(N)nc2N)cc1-c1cc2c(cc1F)c(=O)c(C(=O)O)cn2C1CC1. The Morgan fingerprint density at radius 1 is 1.23 bits per heavy atom. The van der Waals surface area contributed by atoms with Crippen molar-refractivity contribution >= 4 is 28.6 Å². The van der Waals surface area contributed by atoms with Crippen molar-refractivity contribution in [3.05, 3.63) is 75.5 Å². The second-order valence-electron chi connectivity index (χ2n) is 8.51. The molecule has 1 fully saturated rings. The Morgan fingerprint density at radius 2 is 2.00 bits per heavy atom. The number of rotatable bonds is 6. The lowest BCUT2D eigenvalue weighted by Crippen LogP contribution is -2.19. The highest BCUT2D eigenvalue weighted by Gasteiger charge is 2.28. The molecule has 178 valence electrons. The molecule has 2 aromatic heterocycles. The van der Waals surface area contributed by atoms with Crippen molar-refractivity contribution in [1.29, 1.82) is 0 Å². The van der Waals surface area contributed by atoms with Crippen LogP contribution < -0.4 is 21.6 Å². The lowest BCUT2D eigenvalue weighted by Gasteiger charge is -2.16. The predicted molar refractivity (Wildman–Crippen MR) is 129 cm³/mol. The number of carboxylic acids is 1. The van der Waals surface area contributed by atoms with Crippen molar-refractivity contribution in [3.63, 3.8) is 0 Å². The van der Waals surface area contributed by atoms with Crippen molar-refractivity contribution in [2.45, 2.75) is 25.3 Å². The molecular formula is C25H22FN5O4. The van der Waals surface area contributed by atoms with E-state index >= 15 is 4.39 Å². The first kappa shape index (κ1) is 22.3. The molecule has 4 aromatic rings. The monoisotopic (exact) mass is 475 g/mol. The molecule has 5 N–H and O–H groups in total. The predicted octanol–water partition coefficient (Wildman–Crippen LogP) is 3.39. The van der Waals surface area contributed by atoms with Crippen LogP contribution in [0.4, 0.5) is 16.2 Å². The zero-order valence-electron chi connectivity index (χ0n) is 18.8. The van der Waals surface area contributed by atoms with Crippen LogP contribution >= 0.6 is 0 Å². The summed E-state index contributed by atoms with van der Waals surface area (Å²) in [7, 11) is 1.49. The maximum absolute atomic E-state index is 15.4. The van der Waals surface area contributed by atoms with Gasteiger partial charge < -0.3 is 25.9 Å². The molecule has 0 bridgehead atoms. The highest BCUT2D eigenvalue weighted by atomic mass is 19.1. The standard InChI is InChI=1S/C25H22FN5O4/c1-35-21-5-2-12(6-13-10-29-25(28)30-23(13)27)7-16(21)15-9-20-17(8-19(15)26)22(32)18(24(33)34)11-31(20)14-3-4-14/h2,5,7-11,14H,3-4,6H2,1H3,(H,33,34)(H4,27,28,29,30). The summed E-state index contributed by atoms with van der Waals surface area (Å²) < 4.78 is 22.7. The van der Waals surface area contributed by atoms with E-state index in [-0.39, 0.29) is 34.3 Å². The number of benzene rings is 2. The van der Waals surface area contributed by atoms with Gasteiger partial charge in [0.05, 0.1) is 12.6 Å². The van der Waals surface area contributed by atoms with E-state index in [0.29, 0.717) is 28.8 Å². The molecule has 1 aliphatic carbocycles. The van der Waals surface area contributed by atoms with Gasteiger partial charge in [0.25, 0.3) is 0 Å². The van der Waals surface area contributed by atoms with Crippen LogP contribution in [0.25, 0.3) is 22.0 Å². The number of pyridine rings is 1. The first-order chi connectivity index (χ1) is 16.8. The number of ether oxygens (including phenoxy) is 1. The number of methoxy groups -OCH3 is 1. The molecule has 35 heavy (non-hydrogen) atoms. The minimum atomic E-state index is -1.34. The van der Waals surface area contributed by atoms with Crippen molar-refractivity contribution in [2.24, 2.45) is 0 Å². The molecule has 5 rings (SSSR count). The summed E-state index contributed by atoms with van der Waals surface area (Å²) in [5, 5.41) is 9.49. The Balaban J connectivity index is 1.68. The molecule has 1 saturated carbocycles. The molecule has 1 aliphatic rings. The molecule has 0 aliphatic heterocycles. The third-order valence-corrected chi connectivity index (χ3v) is 6.16.